The molecule has 0 radical (unpaired) electrons. The van der Waals surface area contributed by atoms with Crippen molar-refractivity contribution in [1.29, 1.82) is 0 Å². The van der Waals surface area contributed by atoms with Gasteiger partial charge in [-0.15, -0.1) is 0 Å². The van der Waals surface area contributed by atoms with Crippen LogP contribution in [0.5, 0.6) is 5.75 Å². The van der Waals surface area contributed by atoms with E-state index in [9.17, 15) is 9.18 Å². The molecule has 1 aromatic carbocycles. The fraction of sp³-hybridized carbons (Fsp3) is 0.286. The van der Waals surface area contributed by atoms with Crippen LogP contribution >= 0.6 is 0 Å². The van der Waals surface area contributed by atoms with Crippen LogP contribution in [0.4, 0.5) is 4.39 Å². The first kappa shape index (κ1) is 18.2. The monoisotopic (exact) mass is 381 g/mol. The van der Waals surface area contributed by atoms with E-state index < -0.39 is 0 Å². The lowest BCUT2D eigenvalue weighted by Gasteiger charge is -2.22. The topological polar surface area (TPSA) is 68.5 Å². The highest BCUT2D eigenvalue weighted by Crippen LogP contribution is 2.32. The molecule has 3 aromatic rings. The summed E-state index contributed by atoms with van der Waals surface area (Å²) in [6.45, 7) is 0.565. The second-order valence-electron chi connectivity index (χ2n) is 6.66. The molecule has 0 aliphatic carbocycles. The van der Waals surface area contributed by atoms with E-state index in [4.69, 9.17) is 9.15 Å². The Labute approximate surface area is 162 Å². The Kier molecular flexibility index (Phi) is 5.32. The summed E-state index contributed by atoms with van der Waals surface area (Å²) in [4.78, 5) is 22.6. The molecule has 1 atom stereocenters. The second kappa shape index (κ2) is 8.21. The van der Waals surface area contributed by atoms with Gasteiger partial charge in [-0.05, 0) is 36.6 Å². The third-order valence-corrected chi connectivity index (χ3v) is 4.75. The van der Waals surface area contributed by atoms with Gasteiger partial charge in [-0.2, -0.15) is 0 Å². The number of rotatable bonds is 6. The Morgan fingerprint density at radius 1 is 1.25 bits per heavy atom. The highest BCUT2D eigenvalue weighted by atomic mass is 19.1. The first-order valence-corrected chi connectivity index (χ1v) is 9.21. The largest absolute Gasteiger partial charge is 0.482 e. The van der Waals surface area contributed by atoms with Gasteiger partial charge in [-0.25, -0.2) is 9.37 Å². The summed E-state index contributed by atoms with van der Waals surface area (Å²) in [6.07, 6.45) is 6.79. The zero-order valence-electron chi connectivity index (χ0n) is 15.3. The van der Waals surface area contributed by atoms with E-state index in [1.807, 2.05) is 0 Å². The van der Waals surface area contributed by atoms with E-state index in [0.29, 0.717) is 35.9 Å². The van der Waals surface area contributed by atoms with Gasteiger partial charge in [0.2, 0.25) is 5.89 Å². The van der Waals surface area contributed by atoms with E-state index in [-0.39, 0.29) is 24.4 Å². The van der Waals surface area contributed by atoms with E-state index in [0.717, 1.165) is 12.8 Å². The van der Waals surface area contributed by atoms with Crippen LogP contribution in [0.3, 0.4) is 0 Å². The van der Waals surface area contributed by atoms with Gasteiger partial charge >= 0.3 is 0 Å². The molecule has 7 heteroatoms. The molecule has 0 spiro atoms. The fourth-order valence-electron chi connectivity index (χ4n) is 3.37. The van der Waals surface area contributed by atoms with Crippen molar-refractivity contribution in [2.45, 2.75) is 25.3 Å². The maximum absolute atomic E-state index is 13.8. The van der Waals surface area contributed by atoms with Gasteiger partial charge < -0.3 is 14.1 Å². The zero-order chi connectivity index (χ0) is 19.3. The lowest BCUT2D eigenvalue weighted by molar-refractivity contribution is -0.134. The summed E-state index contributed by atoms with van der Waals surface area (Å²) in [6, 6.07) is 9.87. The van der Waals surface area contributed by atoms with Crippen molar-refractivity contribution in [2.75, 3.05) is 13.2 Å². The molecular weight excluding hydrogens is 361 g/mol. The Bertz CT molecular complexity index is 945. The number of carbonyl (C=O) groups excluding carboxylic acids is 1. The number of oxazole rings is 1. The minimum absolute atomic E-state index is 0.0645. The lowest BCUT2D eigenvalue weighted by Crippen LogP contribution is -2.34. The summed E-state index contributed by atoms with van der Waals surface area (Å²) < 4.78 is 25.2. The molecule has 0 unspecified atom stereocenters. The quantitative estimate of drug-likeness (QED) is 0.653. The maximum atomic E-state index is 13.8. The van der Waals surface area contributed by atoms with Crippen LogP contribution in [-0.4, -0.2) is 33.9 Å². The molecule has 0 bridgehead atoms. The molecule has 1 fully saturated rings. The van der Waals surface area contributed by atoms with Crippen molar-refractivity contribution in [3.8, 4) is 5.75 Å². The molecule has 4 rings (SSSR count). The predicted molar refractivity (Wildman–Crippen MR) is 99.1 cm³/mol. The van der Waals surface area contributed by atoms with Gasteiger partial charge in [-0.3, -0.25) is 9.78 Å². The van der Waals surface area contributed by atoms with Gasteiger partial charge in [0, 0.05) is 19.2 Å². The van der Waals surface area contributed by atoms with Crippen molar-refractivity contribution in [2.24, 2.45) is 0 Å². The van der Waals surface area contributed by atoms with E-state index in [1.54, 1.807) is 53.8 Å². The predicted octanol–water partition coefficient (Wildman–Crippen LogP) is 3.54. The van der Waals surface area contributed by atoms with Crippen molar-refractivity contribution in [1.82, 2.24) is 14.9 Å². The number of amides is 1. The molecular formula is C21H20FN3O3. The Morgan fingerprint density at radius 2 is 2.14 bits per heavy atom. The molecule has 1 aliphatic rings. The minimum Gasteiger partial charge on any atom is -0.482 e. The highest BCUT2D eigenvalue weighted by molar-refractivity contribution is 5.78. The van der Waals surface area contributed by atoms with Crippen LogP contribution in [0.1, 0.15) is 36.1 Å². The fourth-order valence-corrected chi connectivity index (χ4v) is 3.37. The summed E-state index contributed by atoms with van der Waals surface area (Å²) in [5, 5.41) is 0. The molecule has 3 heterocycles. The third-order valence-electron chi connectivity index (χ3n) is 4.75. The van der Waals surface area contributed by atoms with Crippen molar-refractivity contribution >= 4 is 5.91 Å². The Morgan fingerprint density at radius 3 is 2.96 bits per heavy atom. The first-order chi connectivity index (χ1) is 13.7. The number of halogens is 1. The number of hydrogen-bond acceptors (Lipinski definition) is 5. The summed E-state index contributed by atoms with van der Waals surface area (Å²) in [5.74, 6) is 1.21. The van der Waals surface area contributed by atoms with Crippen LogP contribution < -0.4 is 4.74 Å². The van der Waals surface area contributed by atoms with Crippen LogP contribution in [0.15, 0.2) is 59.4 Å². The summed E-state index contributed by atoms with van der Waals surface area (Å²) in [7, 11) is 0. The molecule has 0 saturated carbocycles. The van der Waals surface area contributed by atoms with Crippen molar-refractivity contribution in [3.63, 3.8) is 0 Å². The van der Waals surface area contributed by atoms with Crippen LogP contribution in [0, 0.1) is 5.82 Å². The second-order valence-corrected chi connectivity index (χ2v) is 6.66. The van der Waals surface area contributed by atoms with Gasteiger partial charge in [0.05, 0.1) is 12.4 Å². The minimum atomic E-state index is -0.273. The maximum Gasteiger partial charge on any atom is 0.261 e. The van der Waals surface area contributed by atoms with Crippen LogP contribution in [-0.2, 0) is 11.2 Å². The van der Waals surface area contributed by atoms with Crippen LogP contribution in [0.2, 0.25) is 0 Å². The van der Waals surface area contributed by atoms with Gasteiger partial charge in [-0.1, -0.05) is 18.2 Å². The molecule has 0 N–H and O–H groups in total. The molecule has 2 aromatic heterocycles. The average molecular weight is 381 g/mol. The zero-order valence-corrected chi connectivity index (χ0v) is 15.3. The van der Waals surface area contributed by atoms with Gasteiger partial charge in [0.1, 0.15) is 23.4 Å². The molecule has 1 amide bonds. The third kappa shape index (κ3) is 4.03. The number of pyridine rings is 1. The number of nitrogens with zero attached hydrogens (tertiary/aromatic N) is 3. The number of benzene rings is 1. The molecule has 1 saturated heterocycles. The number of hydrogen-bond donors (Lipinski definition) is 0. The smallest absolute Gasteiger partial charge is 0.261 e. The molecule has 28 heavy (non-hydrogen) atoms. The Hall–Kier alpha value is -3.22. The van der Waals surface area contributed by atoms with Gasteiger partial charge in [0.15, 0.2) is 6.61 Å². The average Bonchev–Trinajstić information content (AvgIpc) is 3.38. The number of aromatic nitrogens is 2. The molecule has 6 nitrogen and oxygen atoms in total. The van der Waals surface area contributed by atoms with Gasteiger partial charge in [0.25, 0.3) is 5.91 Å². The van der Waals surface area contributed by atoms with Crippen molar-refractivity contribution < 1.29 is 18.3 Å². The molecule has 144 valence electrons. The normalized spacial score (nSPS) is 16.3. The number of carbonyl (C=O) groups is 1. The number of ether oxygens (including phenoxy) is 1. The van der Waals surface area contributed by atoms with E-state index in [1.165, 1.54) is 6.07 Å². The highest BCUT2D eigenvalue weighted by Gasteiger charge is 2.33. The lowest BCUT2D eigenvalue weighted by atomic mass is 10.1. The first-order valence-electron chi connectivity index (χ1n) is 9.21. The number of likely N-dealkylation sites (tertiary alicyclic amines) is 1. The van der Waals surface area contributed by atoms with Crippen LogP contribution in [0.25, 0.3) is 0 Å². The van der Waals surface area contributed by atoms with Crippen molar-refractivity contribution in [3.05, 3.63) is 78.0 Å². The van der Waals surface area contributed by atoms with E-state index in [2.05, 4.69) is 9.97 Å². The summed E-state index contributed by atoms with van der Waals surface area (Å²) >= 11 is 0. The summed E-state index contributed by atoms with van der Waals surface area (Å²) in [5.41, 5.74) is 0.550. The Balaban J connectivity index is 1.41. The SMILES string of the molecule is O=C(COc1cccnc1)N1CCC[C@@H]1c1ncc(Cc2ccccc2F)o1. The standard InChI is InChI=1S/C21H20FN3O3/c22-18-7-2-1-5-15(18)11-17-13-24-21(28-17)19-8-4-10-25(19)20(26)14-27-16-6-3-9-23-12-16/h1-3,5-7,9,12-13,19H,4,8,10-11,14H2/t19-/m1/s1. The van der Waals surface area contributed by atoms with E-state index >= 15 is 0 Å². The molecule has 1 aliphatic heterocycles.